The summed E-state index contributed by atoms with van der Waals surface area (Å²) in [6, 6.07) is 4.13. The van der Waals surface area contributed by atoms with Crippen LogP contribution in [-0.4, -0.2) is 24.6 Å². The van der Waals surface area contributed by atoms with Gasteiger partial charge in [-0.1, -0.05) is 0 Å². The molecule has 0 bridgehead atoms. The Balaban J connectivity index is 3.10. The van der Waals surface area contributed by atoms with Gasteiger partial charge in [0.2, 0.25) is 0 Å². The second kappa shape index (κ2) is 5.42. The van der Waals surface area contributed by atoms with Gasteiger partial charge in [-0.15, -0.1) is 11.8 Å². The first kappa shape index (κ1) is 12.4. The molecule has 1 aromatic carbocycles. The maximum absolute atomic E-state index is 9.40. The number of methoxy groups -OCH3 is 1. The number of hydrogen-bond donors (Lipinski definition) is 1. The van der Waals surface area contributed by atoms with Crippen molar-refractivity contribution in [2.45, 2.75) is 31.3 Å². The lowest BCUT2D eigenvalue weighted by atomic mass is 10.1. The van der Waals surface area contributed by atoms with E-state index in [1.165, 1.54) is 10.5 Å². The molecule has 1 rings (SSSR count). The maximum atomic E-state index is 9.40. The Hall–Kier alpha value is -0.670. The number of ether oxygens (including phenoxy) is 1. The van der Waals surface area contributed by atoms with Crippen molar-refractivity contribution in [2.24, 2.45) is 0 Å². The predicted octanol–water partition coefficient (Wildman–Crippen LogP) is 2.65. The molecule has 2 nitrogen and oxygen atoms in total. The first-order valence-electron chi connectivity index (χ1n) is 4.98. The number of thioether (sulfide) groups is 1. The van der Waals surface area contributed by atoms with E-state index in [0.29, 0.717) is 6.42 Å². The number of hydrogen-bond acceptors (Lipinski definition) is 3. The van der Waals surface area contributed by atoms with Crippen molar-refractivity contribution in [2.75, 3.05) is 13.4 Å². The molecular weight excluding hydrogens is 208 g/mol. The highest BCUT2D eigenvalue weighted by Gasteiger charge is 2.09. The summed E-state index contributed by atoms with van der Waals surface area (Å²) >= 11 is 1.72. The van der Waals surface area contributed by atoms with Gasteiger partial charge >= 0.3 is 0 Å². The van der Waals surface area contributed by atoms with Crippen LogP contribution in [0, 0.1) is 6.92 Å². The lowest BCUT2D eigenvalue weighted by Crippen LogP contribution is -2.06. The van der Waals surface area contributed by atoms with E-state index in [0.717, 1.165) is 11.3 Å². The number of aliphatic hydroxyl groups is 1. The first-order chi connectivity index (χ1) is 7.08. The van der Waals surface area contributed by atoms with Crippen molar-refractivity contribution in [3.8, 4) is 5.75 Å². The zero-order chi connectivity index (χ0) is 11.4. The third-order valence-electron chi connectivity index (χ3n) is 2.31. The van der Waals surface area contributed by atoms with Crippen LogP contribution in [0.4, 0.5) is 0 Å². The third-order valence-corrected chi connectivity index (χ3v) is 3.19. The zero-order valence-electron chi connectivity index (χ0n) is 9.70. The number of rotatable bonds is 4. The van der Waals surface area contributed by atoms with Crippen LogP contribution in [-0.2, 0) is 6.42 Å². The van der Waals surface area contributed by atoms with Gasteiger partial charge in [0.05, 0.1) is 13.2 Å². The Labute approximate surface area is 95.7 Å². The van der Waals surface area contributed by atoms with Gasteiger partial charge < -0.3 is 9.84 Å². The molecule has 0 fully saturated rings. The summed E-state index contributed by atoms with van der Waals surface area (Å²) in [6.45, 7) is 3.86. The van der Waals surface area contributed by atoms with E-state index in [-0.39, 0.29) is 6.10 Å². The molecule has 1 aromatic rings. The van der Waals surface area contributed by atoms with Gasteiger partial charge in [-0.2, -0.15) is 0 Å². The Morgan fingerprint density at radius 3 is 2.60 bits per heavy atom. The van der Waals surface area contributed by atoms with Crippen molar-refractivity contribution in [3.05, 3.63) is 23.3 Å². The van der Waals surface area contributed by atoms with E-state index in [4.69, 9.17) is 4.74 Å². The predicted molar refractivity (Wildman–Crippen MR) is 64.9 cm³/mol. The Bertz CT molecular complexity index is 335. The Kier molecular flexibility index (Phi) is 4.48. The molecule has 84 valence electrons. The second-order valence-corrected chi connectivity index (χ2v) is 4.53. The van der Waals surface area contributed by atoms with Crippen LogP contribution in [0.15, 0.2) is 17.0 Å². The van der Waals surface area contributed by atoms with Gasteiger partial charge in [-0.05, 0) is 43.4 Å². The highest BCUT2D eigenvalue weighted by atomic mass is 32.2. The molecule has 1 unspecified atom stereocenters. The summed E-state index contributed by atoms with van der Waals surface area (Å²) in [5.41, 5.74) is 2.29. The highest BCUT2D eigenvalue weighted by Crippen LogP contribution is 2.29. The zero-order valence-corrected chi connectivity index (χ0v) is 10.5. The molecule has 1 atom stereocenters. The molecule has 0 aromatic heterocycles. The molecular formula is C12H18O2S. The van der Waals surface area contributed by atoms with Crippen LogP contribution >= 0.6 is 11.8 Å². The lowest BCUT2D eigenvalue weighted by molar-refractivity contribution is 0.194. The highest BCUT2D eigenvalue weighted by molar-refractivity contribution is 7.98. The molecule has 0 aliphatic carbocycles. The summed E-state index contributed by atoms with van der Waals surface area (Å²) in [5.74, 6) is 0.867. The SMILES string of the molecule is COc1cc(C)c(SC)cc1CC(C)O. The monoisotopic (exact) mass is 226 g/mol. The van der Waals surface area contributed by atoms with Gasteiger partial charge in [0.1, 0.15) is 5.75 Å². The van der Waals surface area contributed by atoms with E-state index in [2.05, 4.69) is 19.2 Å². The van der Waals surface area contributed by atoms with E-state index in [1.807, 2.05) is 6.07 Å². The normalized spacial score (nSPS) is 12.6. The first-order valence-corrected chi connectivity index (χ1v) is 6.20. The molecule has 1 N–H and O–H groups in total. The molecule has 0 saturated heterocycles. The number of aliphatic hydroxyl groups excluding tert-OH is 1. The molecule has 15 heavy (non-hydrogen) atoms. The average Bonchev–Trinajstić information content (AvgIpc) is 2.19. The summed E-state index contributed by atoms with van der Waals surface area (Å²) in [6.07, 6.45) is 2.36. The van der Waals surface area contributed by atoms with E-state index in [1.54, 1.807) is 25.8 Å². The molecule has 0 aliphatic heterocycles. The smallest absolute Gasteiger partial charge is 0.122 e. The summed E-state index contributed by atoms with van der Waals surface area (Å²) in [4.78, 5) is 1.24. The van der Waals surface area contributed by atoms with Gasteiger partial charge in [-0.25, -0.2) is 0 Å². The van der Waals surface area contributed by atoms with Gasteiger partial charge in [0, 0.05) is 11.3 Å². The fraction of sp³-hybridized carbons (Fsp3) is 0.500. The molecule has 0 heterocycles. The fourth-order valence-electron chi connectivity index (χ4n) is 1.59. The molecule has 0 amide bonds. The van der Waals surface area contributed by atoms with Crippen LogP contribution in [0.2, 0.25) is 0 Å². The number of benzene rings is 1. The van der Waals surface area contributed by atoms with Crippen LogP contribution in [0.5, 0.6) is 5.75 Å². The lowest BCUT2D eigenvalue weighted by Gasteiger charge is -2.13. The summed E-state index contributed by atoms with van der Waals surface area (Å²) < 4.78 is 5.31. The quantitative estimate of drug-likeness (QED) is 0.800. The molecule has 0 aliphatic rings. The van der Waals surface area contributed by atoms with Gasteiger partial charge in [0.15, 0.2) is 0 Å². The minimum atomic E-state index is -0.337. The maximum Gasteiger partial charge on any atom is 0.122 e. The van der Waals surface area contributed by atoms with Crippen molar-refractivity contribution in [3.63, 3.8) is 0 Å². The van der Waals surface area contributed by atoms with Gasteiger partial charge in [-0.3, -0.25) is 0 Å². The third kappa shape index (κ3) is 3.14. The number of aryl methyl sites for hydroxylation is 1. The fourth-order valence-corrected chi connectivity index (χ4v) is 2.23. The Morgan fingerprint density at radius 2 is 2.13 bits per heavy atom. The summed E-state index contributed by atoms with van der Waals surface area (Å²) in [7, 11) is 1.67. The van der Waals surface area contributed by atoms with Crippen LogP contribution in [0.1, 0.15) is 18.1 Å². The average molecular weight is 226 g/mol. The minimum Gasteiger partial charge on any atom is -0.496 e. The molecule has 0 spiro atoms. The van der Waals surface area contributed by atoms with E-state index in [9.17, 15) is 5.11 Å². The molecule has 0 radical (unpaired) electrons. The Morgan fingerprint density at radius 1 is 1.47 bits per heavy atom. The second-order valence-electron chi connectivity index (χ2n) is 3.69. The van der Waals surface area contributed by atoms with Gasteiger partial charge in [0.25, 0.3) is 0 Å². The van der Waals surface area contributed by atoms with Crippen molar-refractivity contribution < 1.29 is 9.84 Å². The summed E-state index contributed by atoms with van der Waals surface area (Å²) in [5, 5.41) is 9.40. The molecule has 0 saturated carbocycles. The van der Waals surface area contributed by atoms with Crippen LogP contribution in [0.3, 0.4) is 0 Å². The standard InChI is InChI=1S/C12H18O2S/c1-8-5-11(14-3)10(6-9(2)13)7-12(8)15-4/h5,7,9,13H,6H2,1-4H3. The van der Waals surface area contributed by atoms with E-state index < -0.39 is 0 Å². The topological polar surface area (TPSA) is 29.5 Å². The van der Waals surface area contributed by atoms with Crippen LogP contribution in [0.25, 0.3) is 0 Å². The van der Waals surface area contributed by atoms with Crippen molar-refractivity contribution >= 4 is 11.8 Å². The van der Waals surface area contributed by atoms with Crippen LogP contribution < -0.4 is 4.74 Å². The van der Waals surface area contributed by atoms with Crippen molar-refractivity contribution in [1.82, 2.24) is 0 Å². The largest absolute Gasteiger partial charge is 0.496 e. The molecule has 3 heteroatoms. The van der Waals surface area contributed by atoms with E-state index >= 15 is 0 Å². The minimum absolute atomic E-state index is 0.337. The van der Waals surface area contributed by atoms with Crippen molar-refractivity contribution in [1.29, 1.82) is 0 Å².